The summed E-state index contributed by atoms with van der Waals surface area (Å²) >= 11 is 1.46. The Balaban J connectivity index is 0.000000194. The first-order valence-electron chi connectivity index (χ1n) is 18.9. The molecule has 5 aromatic carbocycles. The van der Waals surface area contributed by atoms with Crippen molar-refractivity contribution in [1.29, 1.82) is 0 Å². The number of rotatable bonds is 2. The Morgan fingerprint density at radius 2 is 1.04 bits per heavy atom. The van der Waals surface area contributed by atoms with Crippen LogP contribution < -0.4 is 24.8 Å². The van der Waals surface area contributed by atoms with Crippen LogP contribution in [0.5, 0.6) is 0 Å². The van der Waals surface area contributed by atoms with Gasteiger partial charge in [-0.05, 0) is 36.1 Å². The van der Waals surface area contributed by atoms with Crippen LogP contribution in [0.4, 0.5) is 0 Å². The number of fused-ring (bicyclic) bond motifs is 5. The minimum atomic E-state index is 0. The van der Waals surface area contributed by atoms with Crippen molar-refractivity contribution in [3.05, 3.63) is 159 Å². The Morgan fingerprint density at radius 1 is 0.648 bits per heavy atom. The van der Waals surface area contributed by atoms with Gasteiger partial charge in [-0.1, -0.05) is 109 Å². The van der Waals surface area contributed by atoms with E-state index in [2.05, 4.69) is 193 Å². The van der Waals surface area contributed by atoms with Crippen molar-refractivity contribution in [1.82, 2.24) is 0 Å². The summed E-state index contributed by atoms with van der Waals surface area (Å²) in [5.74, 6) is 0.518. The van der Waals surface area contributed by atoms with Gasteiger partial charge in [0.15, 0.2) is 0 Å². The van der Waals surface area contributed by atoms with Crippen LogP contribution in [0.3, 0.4) is 0 Å². The van der Waals surface area contributed by atoms with Gasteiger partial charge in [-0.15, -0.1) is 39.7 Å². The van der Waals surface area contributed by atoms with Crippen molar-refractivity contribution in [3.8, 4) is 0 Å². The maximum absolute atomic E-state index is 3.40. The minimum Gasteiger partial charge on any atom is -1.00 e. The van der Waals surface area contributed by atoms with Crippen molar-refractivity contribution in [2.45, 2.75) is 101 Å². The largest absolute Gasteiger partial charge is 1.00 e. The van der Waals surface area contributed by atoms with Gasteiger partial charge in [0.25, 0.3) is 0 Å². The summed E-state index contributed by atoms with van der Waals surface area (Å²) in [6.45, 7) is 29.1. The topological polar surface area (TPSA) is 0 Å². The number of hydrogen-bond donors (Lipinski definition) is 0. The van der Waals surface area contributed by atoms with Crippen molar-refractivity contribution in [3.63, 3.8) is 0 Å². The molecule has 8 rings (SSSR count). The molecule has 0 spiro atoms. The summed E-state index contributed by atoms with van der Waals surface area (Å²) in [6, 6.07) is 29.6. The molecular formula is C51H56Cl2Zr-2. The summed E-state index contributed by atoms with van der Waals surface area (Å²) in [5, 5.41) is 5.57. The van der Waals surface area contributed by atoms with E-state index in [9.17, 15) is 0 Å². The van der Waals surface area contributed by atoms with Gasteiger partial charge in [-0.25, -0.2) is 5.57 Å². The summed E-state index contributed by atoms with van der Waals surface area (Å²) in [7, 11) is 0. The van der Waals surface area contributed by atoms with E-state index in [0.717, 1.165) is 0 Å². The zero-order valence-corrected chi connectivity index (χ0v) is 38.5. The van der Waals surface area contributed by atoms with Gasteiger partial charge in [-0.2, -0.15) is 11.6 Å². The Hall–Kier alpha value is -2.96. The summed E-state index contributed by atoms with van der Waals surface area (Å²) in [4.78, 5) is 0. The molecule has 0 aliphatic heterocycles. The monoisotopic (exact) mass is 828 g/mol. The number of aryl methyl sites for hydroxylation is 2. The molecule has 3 heteroatoms. The van der Waals surface area contributed by atoms with E-state index in [-0.39, 0.29) is 35.6 Å². The fourth-order valence-electron chi connectivity index (χ4n) is 8.47. The van der Waals surface area contributed by atoms with Crippen molar-refractivity contribution < 1.29 is 49.0 Å². The molecule has 3 aliphatic carbocycles. The van der Waals surface area contributed by atoms with Crippen LogP contribution in [0.25, 0.3) is 32.7 Å². The van der Waals surface area contributed by atoms with Gasteiger partial charge in [0.1, 0.15) is 0 Å². The predicted octanol–water partition coefficient (Wildman–Crippen LogP) is 7.89. The second kappa shape index (κ2) is 16.3. The fourth-order valence-corrected chi connectivity index (χ4v) is 9.29. The molecule has 1 unspecified atom stereocenters. The average molecular weight is 831 g/mol. The SMILES string of the molecule is CC1=CC(C)(C)c2cc3[cH-]c4cc5c(cc4c3cc21)C(C)=CC5(C)C.CC1=[C-]C(C)C=C1C(C)(C)C.Cc1ccc([C](=[Zr+2])c2ccc(C)cc2)cc1.[Cl-].[Cl-]. The second-order valence-corrected chi connectivity index (χ2v) is 18.9. The van der Waals surface area contributed by atoms with Crippen LogP contribution in [-0.4, -0.2) is 3.21 Å². The van der Waals surface area contributed by atoms with E-state index in [1.807, 2.05) is 0 Å². The molecule has 0 nitrogen and oxygen atoms in total. The molecule has 0 N–H and O–H groups in total. The Labute approximate surface area is 353 Å². The van der Waals surface area contributed by atoms with E-state index in [1.54, 1.807) is 0 Å². The first-order valence-corrected chi connectivity index (χ1v) is 20.2. The molecule has 0 radical (unpaired) electrons. The zero-order valence-electron chi connectivity index (χ0n) is 34.6. The maximum atomic E-state index is 3.40. The first-order chi connectivity index (χ1) is 24.2. The predicted molar refractivity (Wildman–Crippen MR) is 225 cm³/mol. The molecule has 280 valence electrons. The molecule has 0 bridgehead atoms. The van der Waals surface area contributed by atoms with Crippen molar-refractivity contribution >= 4 is 35.9 Å². The van der Waals surface area contributed by atoms with Gasteiger partial charge in [0.2, 0.25) is 0 Å². The fraction of sp³-hybridized carbons (Fsp3) is 0.333. The van der Waals surface area contributed by atoms with Crippen LogP contribution in [-0.2, 0) is 35.1 Å². The molecule has 1 atom stereocenters. The average Bonchev–Trinajstić information content (AvgIpc) is 3.74. The van der Waals surface area contributed by atoms with E-state index < -0.39 is 0 Å². The third kappa shape index (κ3) is 8.86. The summed E-state index contributed by atoms with van der Waals surface area (Å²) in [5.41, 5.74) is 17.3. The molecule has 0 saturated carbocycles. The van der Waals surface area contributed by atoms with Gasteiger partial charge >= 0.3 is 112 Å². The third-order valence-electron chi connectivity index (χ3n) is 11.1. The Bertz CT molecular complexity index is 2190. The number of allylic oxidation sites excluding steroid dienone is 8. The van der Waals surface area contributed by atoms with Gasteiger partial charge < -0.3 is 24.8 Å². The first kappa shape index (κ1) is 43.8. The molecule has 0 fully saturated rings. The summed E-state index contributed by atoms with van der Waals surface area (Å²) in [6.07, 6.45) is 10.5. The Kier molecular flexibility index (Phi) is 13.2. The van der Waals surface area contributed by atoms with Gasteiger partial charge in [0, 0.05) is 10.8 Å². The van der Waals surface area contributed by atoms with Crippen LogP contribution in [0.2, 0.25) is 0 Å². The van der Waals surface area contributed by atoms with Crippen LogP contribution in [0.15, 0.2) is 108 Å². The van der Waals surface area contributed by atoms with Crippen molar-refractivity contribution in [2.24, 2.45) is 11.3 Å². The van der Waals surface area contributed by atoms with E-state index in [0.29, 0.717) is 11.3 Å². The van der Waals surface area contributed by atoms with Gasteiger partial charge in [-0.3, -0.25) is 6.08 Å². The minimum absolute atomic E-state index is 0. The second-order valence-electron chi connectivity index (χ2n) is 17.7. The summed E-state index contributed by atoms with van der Waals surface area (Å²) < 4.78 is 1.42. The standard InChI is InChI=1S/C25H25.C15H14.C11H17.2ClH.Zr/c1-14-12-24(3,4)22-8-16-7-17-9-23-19(15(2)13-25(23,5)6)11-21(17)20(16)10-18(14)22;1-12-3-7-14(8-4-12)11-15-9-5-13(2)6-10-15;1-8-6-9(2)10(7-8)11(3,4)5;;;/h7-13H,1-6H3;3-10H,1-2H3;7-8H,1-5H3;2*1H;/q-1;;-1;;;+2/p-2. The van der Waals surface area contributed by atoms with E-state index >= 15 is 0 Å². The normalized spacial score (nSPS) is 17.4. The third-order valence-corrected chi connectivity index (χ3v) is 12.5. The molecule has 5 aromatic rings. The van der Waals surface area contributed by atoms with E-state index in [1.165, 1.54) is 116 Å². The molecule has 54 heavy (non-hydrogen) atoms. The van der Waals surface area contributed by atoms with Gasteiger partial charge in [0.05, 0.1) is 0 Å². The molecular weight excluding hydrogens is 775 g/mol. The van der Waals surface area contributed by atoms with Crippen LogP contribution >= 0.6 is 0 Å². The molecule has 3 aliphatic rings. The zero-order chi connectivity index (χ0) is 37.9. The quantitative estimate of drug-likeness (QED) is 0.159. The molecule has 0 aromatic heterocycles. The number of benzene rings is 4. The molecule has 0 amide bonds. The smallest absolute Gasteiger partial charge is 1.00 e. The van der Waals surface area contributed by atoms with Crippen molar-refractivity contribution in [2.75, 3.05) is 0 Å². The molecule has 0 saturated heterocycles. The van der Waals surface area contributed by atoms with E-state index in [4.69, 9.17) is 0 Å². The molecule has 0 heterocycles. The Morgan fingerprint density at radius 3 is 1.35 bits per heavy atom. The van der Waals surface area contributed by atoms with Crippen LogP contribution in [0, 0.1) is 31.3 Å². The number of halogens is 2. The number of hydrogen-bond acceptors (Lipinski definition) is 0. The van der Waals surface area contributed by atoms with Crippen LogP contribution in [0.1, 0.15) is 121 Å². The maximum Gasteiger partial charge on any atom is -1.00 e.